The van der Waals surface area contributed by atoms with Crippen molar-refractivity contribution in [3.63, 3.8) is 0 Å². The fourth-order valence-electron chi connectivity index (χ4n) is 1.80. The molecule has 1 aromatic carbocycles. The molecule has 0 fully saturated rings. The molecule has 96 valence electrons. The van der Waals surface area contributed by atoms with Crippen molar-refractivity contribution in [3.8, 4) is 0 Å². The van der Waals surface area contributed by atoms with E-state index in [0.29, 0.717) is 16.5 Å². The minimum atomic E-state index is 0.586. The first-order valence-corrected chi connectivity index (χ1v) is 6.55. The molecule has 18 heavy (non-hydrogen) atoms. The van der Waals surface area contributed by atoms with Gasteiger partial charge in [0.15, 0.2) is 0 Å². The summed E-state index contributed by atoms with van der Waals surface area (Å²) in [6, 6.07) is 5.68. The SMILES string of the molecule is CNCCn1ccnc1Cc1cccc(Cl)c1Cl. The number of hydrogen-bond acceptors (Lipinski definition) is 2. The van der Waals surface area contributed by atoms with Gasteiger partial charge in [-0.05, 0) is 18.7 Å². The quantitative estimate of drug-likeness (QED) is 0.914. The summed E-state index contributed by atoms with van der Waals surface area (Å²) in [6.07, 6.45) is 4.48. The monoisotopic (exact) mass is 283 g/mol. The first-order chi connectivity index (χ1) is 8.72. The van der Waals surface area contributed by atoms with E-state index in [2.05, 4.69) is 14.9 Å². The molecule has 1 aromatic heterocycles. The first kappa shape index (κ1) is 13.4. The fourth-order valence-corrected chi connectivity index (χ4v) is 2.19. The Morgan fingerprint density at radius 3 is 2.94 bits per heavy atom. The third-order valence-corrected chi connectivity index (χ3v) is 3.64. The van der Waals surface area contributed by atoms with Gasteiger partial charge in [-0.1, -0.05) is 35.3 Å². The lowest BCUT2D eigenvalue weighted by Gasteiger charge is -2.09. The maximum Gasteiger partial charge on any atom is 0.113 e. The first-order valence-electron chi connectivity index (χ1n) is 5.80. The zero-order valence-corrected chi connectivity index (χ0v) is 11.7. The molecule has 0 aliphatic carbocycles. The van der Waals surface area contributed by atoms with E-state index in [9.17, 15) is 0 Å². The lowest BCUT2D eigenvalue weighted by molar-refractivity contribution is 0.621. The zero-order valence-electron chi connectivity index (χ0n) is 10.2. The van der Waals surface area contributed by atoms with Gasteiger partial charge in [-0.15, -0.1) is 0 Å². The highest BCUT2D eigenvalue weighted by Crippen LogP contribution is 2.26. The number of halogens is 2. The van der Waals surface area contributed by atoms with Gasteiger partial charge in [0.1, 0.15) is 5.82 Å². The molecule has 2 rings (SSSR count). The summed E-state index contributed by atoms with van der Waals surface area (Å²) in [6.45, 7) is 1.80. The van der Waals surface area contributed by atoms with E-state index in [0.717, 1.165) is 24.5 Å². The van der Waals surface area contributed by atoms with Crippen molar-refractivity contribution in [1.29, 1.82) is 0 Å². The molecule has 0 aliphatic rings. The largest absolute Gasteiger partial charge is 0.333 e. The van der Waals surface area contributed by atoms with Crippen LogP contribution in [0.4, 0.5) is 0 Å². The number of imidazole rings is 1. The van der Waals surface area contributed by atoms with Crippen LogP contribution in [0.3, 0.4) is 0 Å². The van der Waals surface area contributed by atoms with Gasteiger partial charge < -0.3 is 9.88 Å². The van der Waals surface area contributed by atoms with Gasteiger partial charge in [-0.3, -0.25) is 0 Å². The number of rotatable bonds is 5. The van der Waals surface area contributed by atoms with E-state index < -0.39 is 0 Å². The zero-order chi connectivity index (χ0) is 13.0. The van der Waals surface area contributed by atoms with E-state index in [1.54, 1.807) is 6.07 Å². The molecule has 5 heteroatoms. The Balaban J connectivity index is 2.18. The Hall–Kier alpha value is -1.03. The molecule has 0 unspecified atom stereocenters. The third kappa shape index (κ3) is 3.05. The number of nitrogens with one attached hydrogen (secondary N) is 1. The minimum Gasteiger partial charge on any atom is -0.333 e. The van der Waals surface area contributed by atoms with Crippen LogP contribution in [0, 0.1) is 0 Å². The van der Waals surface area contributed by atoms with Crippen LogP contribution < -0.4 is 5.32 Å². The molecule has 1 N–H and O–H groups in total. The van der Waals surface area contributed by atoms with Crippen molar-refractivity contribution in [2.45, 2.75) is 13.0 Å². The molecule has 3 nitrogen and oxygen atoms in total. The Kier molecular flexibility index (Phi) is 4.64. The second-order valence-corrected chi connectivity index (χ2v) is 4.82. The van der Waals surface area contributed by atoms with Gasteiger partial charge in [-0.25, -0.2) is 4.98 Å². The van der Waals surface area contributed by atoms with Crippen LogP contribution in [0.5, 0.6) is 0 Å². The summed E-state index contributed by atoms with van der Waals surface area (Å²) in [5.74, 6) is 0.995. The highest BCUT2D eigenvalue weighted by atomic mass is 35.5. The van der Waals surface area contributed by atoms with Crippen LogP contribution in [0.2, 0.25) is 10.0 Å². The van der Waals surface area contributed by atoms with Crippen LogP contribution in [-0.4, -0.2) is 23.1 Å². The topological polar surface area (TPSA) is 29.9 Å². The summed E-state index contributed by atoms with van der Waals surface area (Å²) in [7, 11) is 1.93. The van der Waals surface area contributed by atoms with Crippen molar-refractivity contribution in [2.24, 2.45) is 0 Å². The van der Waals surface area contributed by atoms with Gasteiger partial charge in [0.2, 0.25) is 0 Å². The molecule has 1 heterocycles. The molecule has 0 aliphatic heterocycles. The average Bonchev–Trinajstić information content (AvgIpc) is 2.80. The molecular weight excluding hydrogens is 269 g/mol. The van der Waals surface area contributed by atoms with Crippen LogP contribution in [0.1, 0.15) is 11.4 Å². The van der Waals surface area contributed by atoms with Gasteiger partial charge in [0.05, 0.1) is 10.0 Å². The summed E-state index contributed by atoms with van der Waals surface area (Å²) in [5.41, 5.74) is 1.00. The number of nitrogens with zero attached hydrogens (tertiary/aromatic N) is 2. The summed E-state index contributed by atoms with van der Waals surface area (Å²) < 4.78 is 2.12. The predicted molar refractivity (Wildman–Crippen MR) is 75.4 cm³/mol. The second kappa shape index (κ2) is 6.23. The fraction of sp³-hybridized carbons (Fsp3) is 0.308. The Labute approximate surface area is 117 Å². The maximum atomic E-state index is 6.19. The normalized spacial score (nSPS) is 10.8. The van der Waals surface area contributed by atoms with Gasteiger partial charge in [0.25, 0.3) is 0 Å². The smallest absolute Gasteiger partial charge is 0.113 e. The van der Waals surface area contributed by atoms with Crippen LogP contribution in [0.15, 0.2) is 30.6 Å². The summed E-state index contributed by atoms with van der Waals surface area (Å²) >= 11 is 12.2. The molecule has 0 saturated carbocycles. The van der Waals surface area contributed by atoms with Gasteiger partial charge in [-0.2, -0.15) is 0 Å². The van der Waals surface area contributed by atoms with Crippen molar-refractivity contribution >= 4 is 23.2 Å². The van der Waals surface area contributed by atoms with Crippen LogP contribution in [0.25, 0.3) is 0 Å². The van der Waals surface area contributed by atoms with E-state index in [4.69, 9.17) is 23.2 Å². The molecule has 0 spiro atoms. The number of hydrogen-bond donors (Lipinski definition) is 1. The molecular formula is C13H15Cl2N3. The van der Waals surface area contributed by atoms with Crippen molar-refractivity contribution in [2.75, 3.05) is 13.6 Å². The Morgan fingerprint density at radius 1 is 1.33 bits per heavy atom. The molecule has 0 saturated heterocycles. The summed E-state index contributed by atoms with van der Waals surface area (Å²) in [5, 5.41) is 4.32. The lowest BCUT2D eigenvalue weighted by atomic mass is 10.1. The maximum absolute atomic E-state index is 6.19. The molecule has 0 radical (unpaired) electrons. The second-order valence-electron chi connectivity index (χ2n) is 4.03. The summed E-state index contributed by atoms with van der Waals surface area (Å²) in [4.78, 5) is 4.37. The lowest BCUT2D eigenvalue weighted by Crippen LogP contribution is -2.16. The van der Waals surface area contributed by atoms with Crippen molar-refractivity contribution in [3.05, 3.63) is 52.0 Å². The van der Waals surface area contributed by atoms with Gasteiger partial charge >= 0.3 is 0 Å². The van der Waals surface area contributed by atoms with Crippen LogP contribution >= 0.6 is 23.2 Å². The van der Waals surface area contributed by atoms with E-state index >= 15 is 0 Å². The number of likely N-dealkylation sites (N-methyl/N-ethyl adjacent to an activating group) is 1. The van der Waals surface area contributed by atoms with Crippen LogP contribution in [-0.2, 0) is 13.0 Å². The highest BCUT2D eigenvalue weighted by Gasteiger charge is 2.08. The van der Waals surface area contributed by atoms with E-state index in [1.807, 2.05) is 31.6 Å². The number of aromatic nitrogens is 2. The van der Waals surface area contributed by atoms with E-state index in [-0.39, 0.29) is 0 Å². The van der Waals surface area contributed by atoms with Crippen molar-refractivity contribution in [1.82, 2.24) is 14.9 Å². The highest BCUT2D eigenvalue weighted by molar-refractivity contribution is 6.42. The molecule has 2 aromatic rings. The standard InChI is InChI=1S/C13H15Cl2N3/c1-16-5-7-18-8-6-17-12(18)9-10-3-2-4-11(14)13(10)15/h2-4,6,8,16H,5,7,9H2,1H3. The molecule has 0 amide bonds. The van der Waals surface area contributed by atoms with Gasteiger partial charge in [0, 0.05) is 31.9 Å². The third-order valence-electron chi connectivity index (χ3n) is 2.78. The minimum absolute atomic E-state index is 0.586. The van der Waals surface area contributed by atoms with E-state index in [1.165, 1.54) is 0 Å². The number of benzene rings is 1. The van der Waals surface area contributed by atoms with Crippen molar-refractivity contribution < 1.29 is 0 Å². The Bertz CT molecular complexity index is 523. The Morgan fingerprint density at radius 2 is 2.17 bits per heavy atom. The predicted octanol–water partition coefficient (Wildman–Crippen LogP) is 3.00. The molecule has 0 atom stereocenters. The average molecular weight is 284 g/mol. The molecule has 0 bridgehead atoms.